The van der Waals surface area contributed by atoms with Crippen LogP contribution >= 0.6 is 15.9 Å². The molecule has 1 fully saturated rings. The Morgan fingerprint density at radius 1 is 1.30 bits per heavy atom. The second kappa shape index (κ2) is 6.81. The lowest BCUT2D eigenvalue weighted by atomic mass is 9.92. The molecular weight excluding hydrogens is 320 g/mol. The molecule has 2 rings (SSSR count). The summed E-state index contributed by atoms with van der Waals surface area (Å²) in [6.07, 6.45) is 4.14. The van der Waals surface area contributed by atoms with E-state index < -0.39 is 6.10 Å². The summed E-state index contributed by atoms with van der Waals surface area (Å²) in [4.78, 5) is 0. The summed E-state index contributed by atoms with van der Waals surface area (Å²) in [5.74, 6) is 2.48. The van der Waals surface area contributed by atoms with Crippen molar-refractivity contribution in [1.29, 1.82) is 0 Å². The van der Waals surface area contributed by atoms with Crippen LogP contribution in [0.3, 0.4) is 0 Å². The summed E-state index contributed by atoms with van der Waals surface area (Å²) in [7, 11) is 3.25. The van der Waals surface area contributed by atoms with E-state index in [1.54, 1.807) is 14.2 Å². The van der Waals surface area contributed by atoms with Gasteiger partial charge in [-0.2, -0.15) is 0 Å². The van der Waals surface area contributed by atoms with Crippen molar-refractivity contribution in [2.45, 2.75) is 38.7 Å². The Morgan fingerprint density at radius 2 is 2.05 bits per heavy atom. The lowest BCUT2D eigenvalue weighted by molar-refractivity contribution is 0.106. The molecule has 1 aromatic carbocycles. The van der Waals surface area contributed by atoms with Gasteiger partial charge in [0.25, 0.3) is 0 Å². The molecule has 3 unspecified atom stereocenters. The first-order valence-electron chi connectivity index (χ1n) is 7.20. The lowest BCUT2D eigenvalue weighted by Gasteiger charge is -2.22. The normalized spacial score (nSPS) is 23.6. The zero-order valence-corrected chi connectivity index (χ0v) is 13.9. The van der Waals surface area contributed by atoms with Gasteiger partial charge in [0.1, 0.15) is 16.0 Å². The minimum absolute atomic E-state index is 0.328. The maximum Gasteiger partial charge on any atom is 0.142 e. The Balaban J connectivity index is 2.26. The van der Waals surface area contributed by atoms with E-state index in [0.29, 0.717) is 11.7 Å². The quantitative estimate of drug-likeness (QED) is 0.865. The van der Waals surface area contributed by atoms with Gasteiger partial charge < -0.3 is 14.6 Å². The third-order valence-electron chi connectivity index (χ3n) is 4.44. The minimum atomic E-state index is -0.469. The molecule has 0 bridgehead atoms. The SMILES string of the molecule is CCC1CCC(C(O)c2ccc(OC)c(Br)c2OC)C1. The summed E-state index contributed by atoms with van der Waals surface area (Å²) >= 11 is 3.49. The number of ether oxygens (including phenoxy) is 2. The van der Waals surface area contributed by atoms with Gasteiger partial charge in [-0.15, -0.1) is 0 Å². The van der Waals surface area contributed by atoms with Gasteiger partial charge >= 0.3 is 0 Å². The molecule has 0 aromatic heterocycles. The molecule has 3 atom stereocenters. The number of halogens is 1. The molecule has 1 saturated carbocycles. The van der Waals surface area contributed by atoms with Crippen LogP contribution in [0, 0.1) is 11.8 Å². The van der Waals surface area contributed by atoms with Crippen molar-refractivity contribution in [3.8, 4) is 11.5 Å². The van der Waals surface area contributed by atoms with E-state index in [1.807, 2.05) is 12.1 Å². The highest BCUT2D eigenvalue weighted by atomic mass is 79.9. The number of aliphatic hydroxyl groups is 1. The number of methoxy groups -OCH3 is 2. The molecule has 0 aliphatic heterocycles. The number of benzene rings is 1. The van der Waals surface area contributed by atoms with Crippen molar-refractivity contribution in [2.24, 2.45) is 11.8 Å². The van der Waals surface area contributed by atoms with Crippen LogP contribution in [0.2, 0.25) is 0 Å². The minimum Gasteiger partial charge on any atom is -0.495 e. The first-order valence-corrected chi connectivity index (χ1v) is 8.00. The van der Waals surface area contributed by atoms with Crippen molar-refractivity contribution >= 4 is 15.9 Å². The van der Waals surface area contributed by atoms with E-state index in [2.05, 4.69) is 22.9 Å². The highest BCUT2D eigenvalue weighted by molar-refractivity contribution is 9.10. The average Bonchev–Trinajstić information content (AvgIpc) is 2.95. The number of hydrogen-bond donors (Lipinski definition) is 1. The summed E-state index contributed by atoms with van der Waals surface area (Å²) in [6.45, 7) is 2.23. The zero-order valence-electron chi connectivity index (χ0n) is 12.4. The van der Waals surface area contributed by atoms with Gasteiger partial charge in [-0.1, -0.05) is 19.8 Å². The fourth-order valence-electron chi connectivity index (χ4n) is 3.18. The van der Waals surface area contributed by atoms with Crippen molar-refractivity contribution in [2.75, 3.05) is 14.2 Å². The van der Waals surface area contributed by atoms with Crippen molar-refractivity contribution in [1.82, 2.24) is 0 Å². The van der Waals surface area contributed by atoms with Crippen LogP contribution in [-0.2, 0) is 0 Å². The van der Waals surface area contributed by atoms with E-state index in [9.17, 15) is 5.11 Å². The largest absolute Gasteiger partial charge is 0.495 e. The van der Waals surface area contributed by atoms with Crippen molar-refractivity contribution < 1.29 is 14.6 Å². The molecule has 112 valence electrons. The van der Waals surface area contributed by atoms with Gasteiger partial charge in [-0.25, -0.2) is 0 Å². The fourth-order valence-corrected chi connectivity index (χ4v) is 3.86. The van der Waals surface area contributed by atoms with E-state index in [4.69, 9.17) is 9.47 Å². The van der Waals surface area contributed by atoms with Gasteiger partial charge in [0.2, 0.25) is 0 Å². The number of rotatable bonds is 5. The number of hydrogen-bond acceptors (Lipinski definition) is 3. The van der Waals surface area contributed by atoms with E-state index in [-0.39, 0.29) is 0 Å². The molecule has 0 heterocycles. The second-order valence-corrected chi connectivity index (χ2v) is 6.29. The monoisotopic (exact) mass is 342 g/mol. The van der Waals surface area contributed by atoms with Gasteiger partial charge in [0, 0.05) is 5.56 Å². The molecule has 1 N–H and O–H groups in total. The van der Waals surface area contributed by atoms with Gasteiger partial charge in [-0.3, -0.25) is 0 Å². The average molecular weight is 343 g/mol. The van der Waals surface area contributed by atoms with Crippen molar-refractivity contribution in [3.05, 3.63) is 22.2 Å². The fraction of sp³-hybridized carbons (Fsp3) is 0.625. The molecule has 1 aromatic rings. The third kappa shape index (κ3) is 2.96. The smallest absolute Gasteiger partial charge is 0.142 e. The van der Waals surface area contributed by atoms with Crippen LogP contribution in [0.4, 0.5) is 0 Å². The lowest BCUT2D eigenvalue weighted by Crippen LogP contribution is -2.11. The summed E-state index contributed by atoms with van der Waals surface area (Å²) in [5, 5.41) is 10.7. The first-order chi connectivity index (χ1) is 9.62. The van der Waals surface area contributed by atoms with Crippen LogP contribution < -0.4 is 9.47 Å². The van der Waals surface area contributed by atoms with Crippen molar-refractivity contribution in [3.63, 3.8) is 0 Å². The topological polar surface area (TPSA) is 38.7 Å². The summed E-state index contributed by atoms with van der Waals surface area (Å²) in [5.41, 5.74) is 0.849. The van der Waals surface area contributed by atoms with E-state index in [1.165, 1.54) is 12.8 Å². The van der Waals surface area contributed by atoms with Crippen LogP contribution in [0.1, 0.15) is 44.3 Å². The molecule has 4 heteroatoms. The standard InChI is InChI=1S/C16H23BrO3/c1-4-10-5-6-11(9-10)15(18)12-7-8-13(19-2)14(17)16(12)20-3/h7-8,10-11,15,18H,4-6,9H2,1-3H3. The van der Waals surface area contributed by atoms with Gasteiger partial charge in [-0.05, 0) is 52.7 Å². The Kier molecular flexibility index (Phi) is 5.33. The molecule has 0 radical (unpaired) electrons. The Bertz CT molecular complexity index is 461. The van der Waals surface area contributed by atoms with Crippen LogP contribution in [0.25, 0.3) is 0 Å². The summed E-state index contributed by atoms with van der Waals surface area (Å²) < 4.78 is 11.5. The maximum atomic E-state index is 10.7. The third-order valence-corrected chi connectivity index (χ3v) is 5.19. The Labute approximate surface area is 129 Å². The first kappa shape index (κ1) is 15.6. The molecule has 0 amide bonds. The van der Waals surface area contributed by atoms with E-state index >= 15 is 0 Å². The van der Waals surface area contributed by atoms with Gasteiger partial charge in [0.05, 0.1) is 20.3 Å². The van der Waals surface area contributed by atoms with E-state index in [0.717, 1.165) is 34.5 Å². The molecule has 1 aliphatic rings. The highest BCUT2D eigenvalue weighted by Gasteiger charge is 2.32. The molecule has 20 heavy (non-hydrogen) atoms. The van der Waals surface area contributed by atoms with Crippen LogP contribution in [0.5, 0.6) is 11.5 Å². The Hall–Kier alpha value is -0.740. The Morgan fingerprint density at radius 3 is 2.60 bits per heavy atom. The molecule has 1 aliphatic carbocycles. The predicted molar refractivity (Wildman–Crippen MR) is 83.3 cm³/mol. The second-order valence-electron chi connectivity index (χ2n) is 5.50. The van der Waals surface area contributed by atoms with Gasteiger partial charge in [0.15, 0.2) is 0 Å². The molecular formula is C16H23BrO3. The molecule has 0 saturated heterocycles. The predicted octanol–water partition coefficient (Wildman–Crippen LogP) is 4.33. The zero-order chi connectivity index (χ0) is 14.7. The number of aliphatic hydroxyl groups excluding tert-OH is 1. The molecule has 3 nitrogen and oxygen atoms in total. The van der Waals surface area contributed by atoms with Crippen LogP contribution in [0.15, 0.2) is 16.6 Å². The highest BCUT2D eigenvalue weighted by Crippen LogP contribution is 2.46. The molecule has 0 spiro atoms. The summed E-state index contributed by atoms with van der Waals surface area (Å²) in [6, 6.07) is 3.78. The van der Waals surface area contributed by atoms with Crippen LogP contribution in [-0.4, -0.2) is 19.3 Å². The maximum absolute atomic E-state index is 10.7.